The number of nitrogens with one attached hydrogen (secondary N) is 1. The fourth-order valence-corrected chi connectivity index (χ4v) is 3.56. The Bertz CT molecular complexity index is 802. The number of hydrogen-bond donors (Lipinski definition) is 1. The molecule has 1 amide bonds. The quantitative estimate of drug-likeness (QED) is 0.854. The van der Waals surface area contributed by atoms with E-state index in [1.807, 2.05) is 31.2 Å². The van der Waals surface area contributed by atoms with Crippen molar-refractivity contribution in [3.8, 4) is 0 Å². The minimum atomic E-state index is -0.187. The van der Waals surface area contributed by atoms with Crippen molar-refractivity contribution in [2.24, 2.45) is 0 Å². The van der Waals surface area contributed by atoms with Crippen LogP contribution in [0.3, 0.4) is 0 Å². The number of benzene rings is 1. The van der Waals surface area contributed by atoms with Crippen LogP contribution in [0.15, 0.2) is 30.3 Å². The van der Waals surface area contributed by atoms with Gasteiger partial charge in [0, 0.05) is 24.8 Å². The van der Waals surface area contributed by atoms with Crippen molar-refractivity contribution < 1.29 is 4.79 Å². The zero-order chi connectivity index (χ0) is 19.4. The molecular formula is C22H30N4O. The van der Waals surface area contributed by atoms with Gasteiger partial charge in [-0.1, -0.05) is 51.8 Å². The molecule has 3 rings (SSSR count). The molecular weight excluding hydrogens is 336 g/mol. The van der Waals surface area contributed by atoms with Gasteiger partial charge in [0.1, 0.15) is 17.3 Å². The third kappa shape index (κ3) is 4.85. The number of carbonyl (C=O) groups is 1. The average molecular weight is 367 g/mol. The molecule has 1 aliphatic heterocycles. The van der Waals surface area contributed by atoms with Gasteiger partial charge in [0.15, 0.2) is 0 Å². The first-order chi connectivity index (χ1) is 12.8. The van der Waals surface area contributed by atoms with Gasteiger partial charge < -0.3 is 10.2 Å². The van der Waals surface area contributed by atoms with E-state index >= 15 is 0 Å². The SMILES string of the molecule is Cc1nc(C(=O)Nc2ccccc2C(C)(C)C)cc(N2CCCCCC2)n1. The van der Waals surface area contributed by atoms with Crippen LogP contribution in [0.1, 0.15) is 68.3 Å². The Morgan fingerprint density at radius 1 is 1.04 bits per heavy atom. The van der Waals surface area contributed by atoms with E-state index in [1.165, 1.54) is 25.7 Å². The Hall–Kier alpha value is -2.43. The van der Waals surface area contributed by atoms with Crippen LogP contribution in [-0.4, -0.2) is 29.0 Å². The number of para-hydroxylation sites is 1. The van der Waals surface area contributed by atoms with Crippen molar-refractivity contribution >= 4 is 17.4 Å². The molecule has 1 aromatic carbocycles. The minimum absolute atomic E-state index is 0.0529. The fourth-order valence-electron chi connectivity index (χ4n) is 3.56. The monoisotopic (exact) mass is 366 g/mol. The smallest absolute Gasteiger partial charge is 0.274 e. The molecule has 1 saturated heterocycles. The van der Waals surface area contributed by atoms with E-state index in [2.05, 4.69) is 47.0 Å². The molecule has 1 aromatic heterocycles. The Morgan fingerprint density at radius 2 is 1.70 bits per heavy atom. The van der Waals surface area contributed by atoms with Crippen LogP contribution < -0.4 is 10.2 Å². The van der Waals surface area contributed by atoms with E-state index in [-0.39, 0.29) is 11.3 Å². The summed E-state index contributed by atoms with van der Waals surface area (Å²) in [6.45, 7) is 10.3. The molecule has 2 aromatic rings. The number of aromatic nitrogens is 2. The number of nitrogens with zero attached hydrogens (tertiary/aromatic N) is 3. The van der Waals surface area contributed by atoms with Crippen LogP contribution >= 0.6 is 0 Å². The van der Waals surface area contributed by atoms with Crippen LogP contribution in [0.25, 0.3) is 0 Å². The van der Waals surface area contributed by atoms with Crippen LogP contribution in [0.2, 0.25) is 0 Å². The van der Waals surface area contributed by atoms with Crippen molar-refractivity contribution in [2.75, 3.05) is 23.3 Å². The molecule has 144 valence electrons. The highest BCUT2D eigenvalue weighted by molar-refractivity contribution is 6.03. The normalized spacial score (nSPS) is 15.3. The highest BCUT2D eigenvalue weighted by Crippen LogP contribution is 2.29. The summed E-state index contributed by atoms with van der Waals surface area (Å²) in [6, 6.07) is 9.78. The summed E-state index contributed by atoms with van der Waals surface area (Å²) in [5.41, 5.74) is 2.31. The molecule has 0 saturated carbocycles. The van der Waals surface area contributed by atoms with Gasteiger partial charge in [0.05, 0.1) is 0 Å². The van der Waals surface area contributed by atoms with Gasteiger partial charge in [0.25, 0.3) is 5.91 Å². The Morgan fingerprint density at radius 3 is 2.37 bits per heavy atom. The van der Waals surface area contributed by atoms with Gasteiger partial charge in [-0.15, -0.1) is 0 Å². The van der Waals surface area contributed by atoms with Gasteiger partial charge in [0.2, 0.25) is 0 Å². The van der Waals surface area contributed by atoms with Crippen molar-refractivity contribution in [3.05, 3.63) is 47.4 Å². The lowest BCUT2D eigenvalue weighted by molar-refractivity contribution is 0.102. The molecule has 5 heteroatoms. The molecule has 0 atom stereocenters. The predicted octanol–water partition coefficient (Wildman–Crippen LogP) is 4.72. The van der Waals surface area contributed by atoms with E-state index in [1.54, 1.807) is 0 Å². The van der Waals surface area contributed by atoms with Gasteiger partial charge in [-0.3, -0.25) is 4.79 Å². The summed E-state index contributed by atoms with van der Waals surface area (Å²) in [5.74, 6) is 1.30. The van der Waals surface area contributed by atoms with Crippen LogP contribution in [0.4, 0.5) is 11.5 Å². The second-order valence-corrected chi connectivity index (χ2v) is 8.31. The lowest BCUT2D eigenvalue weighted by Gasteiger charge is -2.23. The summed E-state index contributed by atoms with van der Waals surface area (Å²) in [5, 5.41) is 3.06. The van der Waals surface area contributed by atoms with Crippen molar-refractivity contribution in [1.82, 2.24) is 9.97 Å². The number of anilines is 2. The van der Waals surface area contributed by atoms with E-state index in [4.69, 9.17) is 0 Å². The fraction of sp³-hybridized carbons (Fsp3) is 0.500. The molecule has 1 N–H and O–H groups in total. The van der Waals surface area contributed by atoms with Gasteiger partial charge in [-0.05, 0) is 36.8 Å². The standard InChI is InChI=1S/C22H30N4O/c1-16-23-19(15-20(24-16)26-13-9-5-6-10-14-26)21(27)25-18-12-8-7-11-17(18)22(2,3)4/h7-8,11-12,15H,5-6,9-10,13-14H2,1-4H3,(H,25,27). The molecule has 0 aliphatic carbocycles. The lowest BCUT2D eigenvalue weighted by atomic mass is 9.86. The Labute approximate surface area is 162 Å². The number of aryl methyl sites for hydroxylation is 1. The highest BCUT2D eigenvalue weighted by Gasteiger charge is 2.20. The largest absolute Gasteiger partial charge is 0.356 e. The Kier molecular flexibility index (Phi) is 5.78. The molecule has 2 heterocycles. The highest BCUT2D eigenvalue weighted by atomic mass is 16.1. The summed E-state index contributed by atoms with van der Waals surface area (Å²) in [6.07, 6.45) is 4.86. The molecule has 0 bridgehead atoms. The summed E-state index contributed by atoms with van der Waals surface area (Å²) in [4.78, 5) is 24.2. The maximum Gasteiger partial charge on any atom is 0.274 e. The van der Waals surface area contributed by atoms with E-state index < -0.39 is 0 Å². The lowest BCUT2D eigenvalue weighted by Crippen LogP contribution is -2.26. The van der Waals surface area contributed by atoms with E-state index in [0.717, 1.165) is 30.2 Å². The third-order valence-corrected chi connectivity index (χ3v) is 4.97. The maximum absolute atomic E-state index is 12.9. The third-order valence-electron chi connectivity index (χ3n) is 4.97. The average Bonchev–Trinajstić information content (AvgIpc) is 2.90. The van der Waals surface area contributed by atoms with E-state index in [0.29, 0.717) is 11.5 Å². The first-order valence-electron chi connectivity index (χ1n) is 9.86. The number of hydrogen-bond acceptors (Lipinski definition) is 4. The number of amides is 1. The van der Waals surface area contributed by atoms with Crippen LogP contribution in [0, 0.1) is 6.92 Å². The van der Waals surface area contributed by atoms with Crippen molar-refractivity contribution in [3.63, 3.8) is 0 Å². The molecule has 5 nitrogen and oxygen atoms in total. The minimum Gasteiger partial charge on any atom is -0.356 e. The van der Waals surface area contributed by atoms with Gasteiger partial charge >= 0.3 is 0 Å². The summed E-state index contributed by atoms with van der Waals surface area (Å²) in [7, 11) is 0. The van der Waals surface area contributed by atoms with Gasteiger partial charge in [-0.25, -0.2) is 9.97 Å². The van der Waals surface area contributed by atoms with Crippen LogP contribution in [-0.2, 0) is 5.41 Å². The van der Waals surface area contributed by atoms with Crippen LogP contribution in [0.5, 0.6) is 0 Å². The zero-order valence-electron chi connectivity index (χ0n) is 16.9. The first-order valence-corrected chi connectivity index (χ1v) is 9.86. The summed E-state index contributed by atoms with van der Waals surface area (Å²) < 4.78 is 0. The van der Waals surface area contributed by atoms with Crippen molar-refractivity contribution in [1.29, 1.82) is 0 Å². The molecule has 0 radical (unpaired) electrons. The molecule has 1 fully saturated rings. The second kappa shape index (κ2) is 8.07. The number of carbonyl (C=O) groups excluding carboxylic acids is 1. The summed E-state index contributed by atoms with van der Waals surface area (Å²) >= 11 is 0. The maximum atomic E-state index is 12.9. The van der Waals surface area contributed by atoms with Crippen molar-refractivity contribution in [2.45, 2.75) is 58.8 Å². The molecule has 1 aliphatic rings. The van der Waals surface area contributed by atoms with Gasteiger partial charge in [-0.2, -0.15) is 0 Å². The number of rotatable bonds is 3. The zero-order valence-corrected chi connectivity index (χ0v) is 16.9. The second-order valence-electron chi connectivity index (χ2n) is 8.31. The topological polar surface area (TPSA) is 58.1 Å². The molecule has 27 heavy (non-hydrogen) atoms. The Balaban J connectivity index is 1.85. The molecule has 0 unspecified atom stereocenters. The first kappa shape index (κ1) is 19.3. The predicted molar refractivity (Wildman–Crippen MR) is 111 cm³/mol. The van der Waals surface area contributed by atoms with E-state index in [9.17, 15) is 4.79 Å². The molecule has 0 spiro atoms.